The Hall–Kier alpha value is -0.690. The summed E-state index contributed by atoms with van der Waals surface area (Å²) in [6.45, 7) is 0. The minimum absolute atomic E-state index is 0.0838. The minimum Gasteiger partial charge on any atom is -0.755 e. The van der Waals surface area contributed by atoms with Crippen LogP contribution in [0.2, 0.25) is 5.02 Å². The standard InChI is InChI=1S/C7H7ClN2O2S2/c8-4-1-2-6(10-14(11)12)5(3-4)7(9)13/h1-3,10H,(H2,9,13)(H,11,12)/p-1. The first-order valence-corrected chi connectivity index (χ1v) is 5.32. The number of hydrogen-bond donors (Lipinski definition) is 2. The van der Waals surface area contributed by atoms with Crippen LogP contribution in [0.15, 0.2) is 18.2 Å². The highest BCUT2D eigenvalue weighted by molar-refractivity contribution is 7.81. The predicted molar refractivity (Wildman–Crippen MR) is 59.9 cm³/mol. The van der Waals surface area contributed by atoms with Crippen molar-refractivity contribution in [2.75, 3.05) is 4.72 Å². The van der Waals surface area contributed by atoms with Crippen molar-refractivity contribution in [2.45, 2.75) is 0 Å². The fourth-order valence-corrected chi connectivity index (χ4v) is 1.60. The molecule has 76 valence electrons. The third-order valence-corrected chi connectivity index (χ3v) is 2.28. The molecule has 0 saturated carbocycles. The molecule has 1 aromatic carbocycles. The van der Waals surface area contributed by atoms with Gasteiger partial charge in [0.25, 0.3) is 0 Å². The summed E-state index contributed by atoms with van der Waals surface area (Å²) in [5, 5.41) is 0.440. The molecule has 0 aliphatic rings. The zero-order valence-corrected chi connectivity index (χ0v) is 9.21. The van der Waals surface area contributed by atoms with Crippen molar-refractivity contribution in [3.05, 3.63) is 28.8 Å². The molecule has 0 aliphatic heterocycles. The Kier molecular flexibility index (Phi) is 3.82. The molecule has 1 unspecified atom stereocenters. The molecule has 4 nitrogen and oxygen atoms in total. The molecule has 3 N–H and O–H groups in total. The lowest BCUT2D eigenvalue weighted by Gasteiger charge is -2.12. The minimum atomic E-state index is -2.41. The van der Waals surface area contributed by atoms with Gasteiger partial charge in [0.2, 0.25) is 0 Å². The van der Waals surface area contributed by atoms with Crippen molar-refractivity contribution in [2.24, 2.45) is 5.73 Å². The second-order valence-corrected chi connectivity index (χ2v) is 3.94. The van der Waals surface area contributed by atoms with E-state index in [9.17, 15) is 8.76 Å². The van der Waals surface area contributed by atoms with E-state index in [4.69, 9.17) is 29.6 Å². The van der Waals surface area contributed by atoms with E-state index in [1.165, 1.54) is 12.1 Å². The summed E-state index contributed by atoms with van der Waals surface area (Å²) in [7, 11) is 0. The van der Waals surface area contributed by atoms with Crippen LogP contribution < -0.4 is 10.5 Å². The summed E-state index contributed by atoms with van der Waals surface area (Å²) in [4.78, 5) is 0.0838. The molecule has 0 radical (unpaired) electrons. The number of anilines is 1. The molecule has 7 heteroatoms. The number of thiocarbonyl (C=S) groups is 1. The van der Waals surface area contributed by atoms with E-state index in [0.717, 1.165) is 0 Å². The Bertz CT molecular complexity index is 397. The van der Waals surface area contributed by atoms with Crippen molar-refractivity contribution in [3.63, 3.8) is 0 Å². The Labute approximate surface area is 93.9 Å². The average Bonchev–Trinajstić information content (AvgIpc) is 2.07. The van der Waals surface area contributed by atoms with Gasteiger partial charge in [-0.05, 0) is 18.2 Å². The van der Waals surface area contributed by atoms with Crippen molar-refractivity contribution >= 4 is 45.8 Å². The van der Waals surface area contributed by atoms with Gasteiger partial charge in [0.15, 0.2) is 0 Å². The maximum atomic E-state index is 10.4. The van der Waals surface area contributed by atoms with Gasteiger partial charge in [-0.3, -0.25) is 4.21 Å². The molecular weight excluding hydrogens is 244 g/mol. The second-order valence-electron chi connectivity index (χ2n) is 2.39. The van der Waals surface area contributed by atoms with Gasteiger partial charge in [0.1, 0.15) is 4.99 Å². The molecule has 0 fully saturated rings. The lowest BCUT2D eigenvalue weighted by atomic mass is 10.2. The van der Waals surface area contributed by atoms with Crippen LogP contribution in [0.4, 0.5) is 5.69 Å². The van der Waals surface area contributed by atoms with Crippen LogP contribution in [0.25, 0.3) is 0 Å². The number of halogens is 1. The van der Waals surface area contributed by atoms with Gasteiger partial charge in [-0.1, -0.05) is 23.8 Å². The molecule has 0 saturated heterocycles. The lowest BCUT2D eigenvalue weighted by Crippen LogP contribution is -2.14. The first kappa shape index (κ1) is 11.4. The Morgan fingerprint density at radius 1 is 1.64 bits per heavy atom. The van der Waals surface area contributed by atoms with E-state index >= 15 is 0 Å². The molecule has 0 aromatic heterocycles. The van der Waals surface area contributed by atoms with Gasteiger partial charge in [-0.15, -0.1) is 0 Å². The molecule has 1 rings (SSSR count). The second kappa shape index (κ2) is 4.70. The van der Waals surface area contributed by atoms with E-state index < -0.39 is 11.3 Å². The Morgan fingerprint density at radius 3 is 2.79 bits per heavy atom. The van der Waals surface area contributed by atoms with Crippen molar-refractivity contribution in [1.82, 2.24) is 0 Å². The van der Waals surface area contributed by atoms with Crippen LogP contribution in [0.1, 0.15) is 5.56 Å². The van der Waals surface area contributed by atoms with Crippen LogP contribution >= 0.6 is 23.8 Å². The average molecular weight is 250 g/mol. The summed E-state index contributed by atoms with van der Waals surface area (Å²) in [6, 6.07) is 4.53. The van der Waals surface area contributed by atoms with E-state index in [-0.39, 0.29) is 4.99 Å². The highest BCUT2D eigenvalue weighted by Gasteiger charge is 2.05. The van der Waals surface area contributed by atoms with Crippen LogP contribution in [-0.2, 0) is 11.3 Å². The zero-order valence-electron chi connectivity index (χ0n) is 6.82. The van der Waals surface area contributed by atoms with E-state index in [0.29, 0.717) is 16.3 Å². The van der Waals surface area contributed by atoms with Gasteiger partial charge in [0.05, 0.1) is 5.69 Å². The topological polar surface area (TPSA) is 78.2 Å². The fourth-order valence-electron chi connectivity index (χ4n) is 0.899. The van der Waals surface area contributed by atoms with Crippen molar-refractivity contribution < 1.29 is 8.76 Å². The van der Waals surface area contributed by atoms with Crippen LogP contribution in [0, 0.1) is 0 Å². The fraction of sp³-hybridized carbons (Fsp3) is 0. The molecule has 0 heterocycles. The van der Waals surface area contributed by atoms with Gasteiger partial charge < -0.3 is 15.0 Å². The van der Waals surface area contributed by atoms with E-state index in [1.807, 2.05) is 0 Å². The molecule has 0 aliphatic carbocycles. The maximum absolute atomic E-state index is 10.4. The van der Waals surface area contributed by atoms with Gasteiger partial charge in [0, 0.05) is 21.9 Å². The number of nitrogens with two attached hydrogens (primary N) is 1. The largest absolute Gasteiger partial charge is 0.755 e. The van der Waals surface area contributed by atoms with E-state index in [1.54, 1.807) is 6.07 Å². The molecule has 0 spiro atoms. The number of rotatable bonds is 3. The number of nitrogens with one attached hydrogen (secondary N) is 1. The van der Waals surface area contributed by atoms with Crippen LogP contribution in [0.3, 0.4) is 0 Å². The SMILES string of the molecule is NC(=S)c1cc(Cl)ccc1NS(=O)[O-]. The third kappa shape index (κ3) is 2.91. The summed E-state index contributed by atoms with van der Waals surface area (Å²) < 4.78 is 23.0. The van der Waals surface area contributed by atoms with E-state index in [2.05, 4.69) is 4.72 Å². The maximum Gasteiger partial charge on any atom is 0.106 e. The summed E-state index contributed by atoms with van der Waals surface area (Å²) in [6.07, 6.45) is 0. The third-order valence-electron chi connectivity index (χ3n) is 1.44. The zero-order chi connectivity index (χ0) is 10.7. The van der Waals surface area contributed by atoms with Crippen molar-refractivity contribution in [3.8, 4) is 0 Å². The number of hydrogen-bond acceptors (Lipinski definition) is 3. The molecular formula is C7H6ClN2O2S2-. The summed E-state index contributed by atoms with van der Waals surface area (Å²) in [5.41, 5.74) is 6.11. The summed E-state index contributed by atoms with van der Waals surface area (Å²) >= 11 is 8.03. The molecule has 0 bridgehead atoms. The van der Waals surface area contributed by atoms with Gasteiger partial charge in [-0.2, -0.15) is 0 Å². The Morgan fingerprint density at radius 2 is 2.29 bits per heavy atom. The normalized spacial score (nSPS) is 12.1. The lowest BCUT2D eigenvalue weighted by molar-refractivity contribution is 0.542. The monoisotopic (exact) mass is 249 g/mol. The molecule has 0 amide bonds. The highest BCUT2D eigenvalue weighted by Crippen LogP contribution is 2.20. The van der Waals surface area contributed by atoms with Crippen LogP contribution in [-0.4, -0.2) is 13.8 Å². The Balaban J connectivity index is 3.14. The number of benzene rings is 1. The first-order chi connectivity index (χ1) is 6.50. The quantitative estimate of drug-likeness (QED) is 0.623. The first-order valence-electron chi connectivity index (χ1n) is 3.46. The molecule has 14 heavy (non-hydrogen) atoms. The summed E-state index contributed by atoms with van der Waals surface area (Å²) in [5.74, 6) is 0. The smallest absolute Gasteiger partial charge is 0.106 e. The predicted octanol–water partition coefficient (Wildman–Crippen LogP) is 1.18. The van der Waals surface area contributed by atoms with Gasteiger partial charge in [-0.25, -0.2) is 0 Å². The molecule has 1 atom stereocenters. The highest BCUT2D eigenvalue weighted by atomic mass is 35.5. The van der Waals surface area contributed by atoms with Gasteiger partial charge >= 0.3 is 0 Å². The van der Waals surface area contributed by atoms with Crippen molar-refractivity contribution in [1.29, 1.82) is 0 Å². The molecule has 1 aromatic rings. The van der Waals surface area contributed by atoms with Crippen LogP contribution in [0.5, 0.6) is 0 Å².